The first kappa shape index (κ1) is 22.5. The highest BCUT2D eigenvalue weighted by Gasteiger charge is 2.28. The van der Waals surface area contributed by atoms with E-state index in [-0.39, 0.29) is 16.8 Å². The van der Waals surface area contributed by atoms with E-state index in [1.54, 1.807) is 23.4 Å². The molecule has 1 aromatic heterocycles. The first-order valence-corrected chi connectivity index (χ1v) is 13.4. The molecule has 2 aliphatic heterocycles. The van der Waals surface area contributed by atoms with Gasteiger partial charge in [-0.1, -0.05) is 12.5 Å². The van der Waals surface area contributed by atoms with Gasteiger partial charge in [-0.05, 0) is 67.8 Å². The maximum Gasteiger partial charge on any atom is 0.251 e. The van der Waals surface area contributed by atoms with E-state index in [0.29, 0.717) is 30.8 Å². The number of nitrogens with one attached hydrogen (secondary N) is 1. The smallest absolute Gasteiger partial charge is 0.251 e. The summed E-state index contributed by atoms with van der Waals surface area (Å²) in [7, 11) is -3.57. The summed E-state index contributed by atoms with van der Waals surface area (Å²) in [6.07, 6.45) is 3.90. The van der Waals surface area contributed by atoms with Crippen molar-refractivity contribution in [2.75, 3.05) is 26.2 Å². The van der Waals surface area contributed by atoms with Crippen LogP contribution in [0.3, 0.4) is 0 Å². The lowest BCUT2D eigenvalue weighted by atomic mass is 10.1. The zero-order chi connectivity index (χ0) is 22.0. The van der Waals surface area contributed by atoms with Crippen molar-refractivity contribution in [1.82, 2.24) is 14.5 Å². The molecular formula is C23H31N3O3S2. The topological polar surface area (TPSA) is 69.7 Å². The first-order valence-electron chi connectivity index (χ1n) is 11.0. The molecule has 31 heavy (non-hydrogen) atoms. The number of benzene rings is 1. The van der Waals surface area contributed by atoms with Gasteiger partial charge in [0.15, 0.2) is 0 Å². The Bertz CT molecular complexity index is 1040. The Hall–Kier alpha value is -1.74. The highest BCUT2D eigenvalue weighted by atomic mass is 32.2. The van der Waals surface area contributed by atoms with Crippen LogP contribution in [0.2, 0.25) is 0 Å². The van der Waals surface area contributed by atoms with Crippen molar-refractivity contribution >= 4 is 27.3 Å². The van der Waals surface area contributed by atoms with Crippen molar-refractivity contribution in [1.29, 1.82) is 0 Å². The zero-order valence-corrected chi connectivity index (χ0v) is 19.9. The second kappa shape index (κ2) is 9.40. The molecule has 1 fully saturated rings. The molecule has 2 aromatic rings. The van der Waals surface area contributed by atoms with Crippen LogP contribution in [0, 0.1) is 6.92 Å². The van der Waals surface area contributed by atoms with Crippen LogP contribution >= 0.6 is 11.3 Å². The molecule has 0 saturated carbocycles. The summed E-state index contributed by atoms with van der Waals surface area (Å²) in [6, 6.07) is 7.38. The number of fused-ring (bicyclic) bond motifs is 1. The number of hydrogen-bond acceptors (Lipinski definition) is 5. The number of carbonyl (C=O) groups excluding carboxylic acids is 1. The molecule has 0 spiro atoms. The van der Waals surface area contributed by atoms with Crippen LogP contribution in [-0.4, -0.2) is 55.8 Å². The molecule has 1 atom stereocenters. The predicted molar refractivity (Wildman–Crippen MR) is 124 cm³/mol. The van der Waals surface area contributed by atoms with E-state index in [0.717, 1.165) is 38.8 Å². The highest BCUT2D eigenvalue weighted by molar-refractivity contribution is 7.89. The number of aryl methyl sites for hydroxylation is 1. The van der Waals surface area contributed by atoms with Gasteiger partial charge in [0.2, 0.25) is 10.0 Å². The van der Waals surface area contributed by atoms with Crippen LogP contribution in [0.25, 0.3) is 0 Å². The van der Waals surface area contributed by atoms with Crippen molar-refractivity contribution in [3.8, 4) is 0 Å². The number of rotatable bonds is 6. The van der Waals surface area contributed by atoms with Gasteiger partial charge in [-0.25, -0.2) is 8.42 Å². The Balaban J connectivity index is 1.41. The lowest BCUT2D eigenvalue weighted by Gasteiger charge is -2.32. The number of amides is 1. The molecule has 3 heterocycles. The summed E-state index contributed by atoms with van der Waals surface area (Å²) in [4.78, 5) is 16.9. The molecule has 1 unspecified atom stereocenters. The quantitative estimate of drug-likeness (QED) is 0.716. The summed E-state index contributed by atoms with van der Waals surface area (Å²) >= 11 is 1.82. The molecule has 0 radical (unpaired) electrons. The Morgan fingerprint density at radius 3 is 2.71 bits per heavy atom. The van der Waals surface area contributed by atoms with Crippen LogP contribution < -0.4 is 5.32 Å². The minimum Gasteiger partial charge on any atom is -0.350 e. The molecule has 4 rings (SSSR count). The molecule has 0 bridgehead atoms. The van der Waals surface area contributed by atoms with Crippen LogP contribution in [-0.2, 0) is 23.0 Å². The van der Waals surface area contributed by atoms with Crippen molar-refractivity contribution in [2.24, 2.45) is 0 Å². The van der Waals surface area contributed by atoms with E-state index in [1.807, 2.05) is 11.3 Å². The van der Waals surface area contributed by atoms with Gasteiger partial charge in [-0.15, -0.1) is 11.3 Å². The van der Waals surface area contributed by atoms with Crippen molar-refractivity contribution in [2.45, 2.75) is 57.0 Å². The molecule has 6 nitrogen and oxygen atoms in total. The van der Waals surface area contributed by atoms with Gasteiger partial charge in [0.25, 0.3) is 5.91 Å². The number of nitrogens with zero attached hydrogens (tertiary/aromatic N) is 2. The Kier molecular flexibility index (Phi) is 6.81. The Morgan fingerprint density at radius 2 is 1.94 bits per heavy atom. The number of thiophene rings is 1. The number of sulfonamides is 1. The maximum atomic E-state index is 13.1. The summed E-state index contributed by atoms with van der Waals surface area (Å²) in [5.74, 6) is -0.227. The molecular weight excluding hydrogens is 430 g/mol. The van der Waals surface area contributed by atoms with Gasteiger partial charge in [-0.2, -0.15) is 4.31 Å². The van der Waals surface area contributed by atoms with E-state index in [4.69, 9.17) is 0 Å². The van der Waals surface area contributed by atoms with Crippen LogP contribution in [0.1, 0.15) is 52.5 Å². The van der Waals surface area contributed by atoms with Crippen LogP contribution in [0.5, 0.6) is 0 Å². The van der Waals surface area contributed by atoms with Gasteiger partial charge >= 0.3 is 0 Å². The SMILES string of the molecule is Cc1ccc(C(=O)NCC(C)N2CCc3sccc3C2)cc1S(=O)(=O)N1CCCCC1. The van der Waals surface area contributed by atoms with Gasteiger partial charge < -0.3 is 5.32 Å². The molecule has 168 valence electrons. The lowest BCUT2D eigenvalue weighted by Crippen LogP contribution is -2.44. The molecule has 1 aromatic carbocycles. The minimum atomic E-state index is -3.57. The van der Waals surface area contributed by atoms with Gasteiger partial charge in [-0.3, -0.25) is 9.69 Å². The second-order valence-electron chi connectivity index (χ2n) is 8.59. The predicted octanol–water partition coefficient (Wildman–Crippen LogP) is 3.41. The largest absolute Gasteiger partial charge is 0.350 e. The average Bonchev–Trinajstić information content (AvgIpc) is 3.26. The van der Waals surface area contributed by atoms with Crippen molar-refractivity contribution in [3.05, 3.63) is 51.2 Å². The molecule has 1 amide bonds. The summed E-state index contributed by atoms with van der Waals surface area (Å²) in [5, 5.41) is 5.15. The fourth-order valence-electron chi connectivity index (χ4n) is 4.38. The third-order valence-corrected chi connectivity index (χ3v) is 9.47. The molecule has 1 N–H and O–H groups in total. The number of hydrogen-bond donors (Lipinski definition) is 1. The zero-order valence-electron chi connectivity index (χ0n) is 18.3. The fraction of sp³-hybridized carbons (Fsp3) is 0.522. The minimum absolute atomic E-state index is 0.207. The normalized spacial score (nSPS) is 19.0. The highest BCUT2D eigenvalue weighted by Crippen LogP contribution is 2.26. The third kappa shape index (κ3) is 4.87. The Labute approximate surface area is 189 Å². The van der Waals surface area contributed by atoms with Gasteiger partial charge in [0.05, 0.1) is 4.90 Å². The number of carbonyl (C=O) groups is 1. The first-order chi connectivity index (χ1) is 14.9. The summed E-state index contributed by atoms with van der Waals surface area (Å²) in [6.45, 7) is 7.45. The van der Waals surface area contributed by atoms with E-state index in [9.17, 15) is 13.2 Å². The second-order valence-corrected chi connectivity index (χ2v) is 11.5. The number of piperidine rings is 1. The van der Waals surface area contributed by atoms with Gasteiger partial charge in [0, 0.05) is 49.2 Å². The van der Waals surface area contributed by atoms with E-state index in [2.05, 4.69) is 28.6 Å². The van der Waals surface area contributed by atoms with Crippen molar-refractivity contribution < 1.29 is 13.2 Å². The lowest BCUT2D eigenvalue weighted by molar-refractivity contribution is 0.0932. The standard InChI is InChI=1S/C23H31N3O3S2/c1-17-6-7-19(14-22(17)31(28,29)26-10-4-3-5-11-26)23(27)24-15-18(2)25-12-8-21-20(16-25)9-13-30-21/h6-7,9,13-14,18H,3-5,8,10-12,15-16H2,1-2H3,(H,24,27). The van der Waals surface area contributed by atoms with E-state index >= 15 is 0 Å². The van der Waals surface area contributed by atoms with Crippen LogP contribution in [0.15, 0.2) is 34.5 Å². The van der Waals surface area contributed by atoms with E-state index in [1.165, 1.54) is 16.5 Å². The van der Waals surface area contributed by atoms with Crippen LogP contribution in [0.4, 0.5) is 0 Å². The summed E-state index contributed by atoms with van der Waals surface area (Å²) in [5.41, 5.74) is 2.46. The maximum absolute atomic E-state index is 13.1. The molecule has 0 aliphatic carbocycles. The third-order valence-electron chi connectivity index (χ3n) is 6.40. The van der Waals surface area contributed by atoms with E-state index < -0.39 is 10.0 Å². The Morgan fingerprint density at radius 1 is 1.16 bits per heavy atom. The average molecular weight is 462 g/mol. The molecule has 8 heteroatoms. The summed E-state index contributed by atoms with van der Waals surface area (Å²) < 4.78 is 27.8. The monoisotopic (exact) mass is 461 g/mol. The van der Waals surface area contributed by atoms with Gasteiger partial charge in [0.1, 0.15) is 0 Å². The fourth-order valence-corrected chi connectivity index (χ4v) is 7.04. The molecule has 2 aliphatic rings. The molecule has 1 saturated heterocycles. The van der Waals surface area contributed by atoms with Crippen molar-refractivity contribution in [3.63, 3.8) is 0 Å².